The van der Waals surface area contributed by atoms with Crippen molar-refractivity contribution >= 4 is 17.4 Å². The molecule has 0 fully saturated rings. The minimum absolute atomic E-state index is 0.191. The Hall–Kier alpha value is -1.24. The summed E-state index contributed by atoms with van der Waals surface area (Å²) in [6.45, 7) is 7.11. The van der Waals surface area contributed by atoms with Gasteiger partial charge in [-0.1, -0.05) is 0 Å². The van der Waals surface area contributed by atoms with Crippen molar-refractivity contribution < 1.29 is 22.7 Å². The van der Waals surface area contributed by atoms with Crippen LogP contribution in [-0.2, 0) is 23.8 Å². The summed E-state index contributed by atoms with van der Waals surface area (Å²) in [6, 6.07) is 0. The van der Waals surface area contributed by atoms with Gasteiger partial charge in [-0.3, -0.25) is 0 Å². The first-order valence-electron chi connectivity index (χ1n) is 7.47. The van der Waals surface area contributed by atoms with Crippen molar-refractivity contribution in [1.29, 1.82) is 0 Å². The molecule has 0 aliphatic heterocycles. The number of amides is 1. The van der Waals surface area contributed by atoms with Crippen LogP contribution in [0.25, 0.3) is 0 Å². The quantitative estimate of drug-likeness (QED) is 0.723. The summed E-state index contributed by atoms with van der Waals surface area (Å²) in [5.74, 6) is 0. The average Bonchev–Trinajstić information content (AvgIpc) is 2.78. The third-order valence-corrected chi connectivity index (χ3v) is 5.30. The second kappa shape index (κ2) is 5.69. The highest BCUT2D eigenvalue weighted by Crippen LogP contribution is 2.43. The summed E-state index contributed by atoms with van der Waals surface area (Å²) in [4.78, 5) is 14.5. The van der Waals surface area contributed by atoms with E-state index >= 15 is 0 Å². The molecule has 1 amide bonds. The lowest BCUT2D eigenvalue weighted by molar-refractivity contribution is -0.138. The molecule has 3 nitrogen and oxygen atoms in total. The highest BCUT2D eigenvalue weighted by atomic mass is 32.1. The van der Waals surface area contributed by atoms with Crippen LogP contribution in [0.1, 0.15) is 50.1 Å². The van der Waals surface area contributed by atoms with E-state index in [1.54, 1.807) is 27.8 Å². The van der Waals surface area contributed by atoms with Crippen molar-refractivity contribution in [3.05, 3.63) is 21.4 Å². The molecule has 1 unspecified atom stereocenters. The van der Waals surface area contributed by atoms with Crippen LogP contribution in [0.2, 0.25) is 0 Å². The van der Waals surface area contributed by atoms with Crippen LogP contribution in [-0.4, -0.2) is 29.2 Å². The summed E-state index contributed by atoms with van der Waals surface area (Å²) < 4.78 is 44.8. The Bertz CT molecular complexity index is 603. The van der Waals surface area contributed by atoms with Gasteiger partial charge in [-0.25, -0.2) is 4.79 Å². The third kappa shape index (κ3) is 3.82. The monoisotopic (exact) mass is 349 g/mol. The zero-order valence-corrected chi connectivity index (χ0v) is 14.8. The van der Waals surface area contributed by atoms with Gasteiger partial charge >= 0.3 is 12.3 Å². The minimum Gasteiger partial charge on any atom is -0.444 e. The van der Waals surface area contributed by atoms with E-state index in [1.807, 2.05) is 6.92 Å². The molecular formula is C16H22F3NO2S. The van der Waals surface area contributed by atoms with Gasteiger partial charge in [0, 0.05) is 22.8 Å². The van der Waals surface area contributed by atoms with Crippen LogP contribution < -0.4 is 0 Å². The highest BCUT2D eigenvalue weighted by molar-refractivity contribution is 7.10. The molecule has 1 aliphatic rings. The van der Waals surface area contributed by atoms with Gasteiger partial charge in [0.05, 0.1) is 5.56 Å². The molecule has 0 saturated heterocycles. The molecule has 1 heterocycles. The second-order valence-electron chi connectivity index (χ2n) is 7.26. The van der Waals surface area contributed by atoms with Gasteiger partial charge in [0.25, 0.3) is 0 Å². The van der Waals surface area contributed by atoms with Gasteiger partial charge in [0.2, 0.25) is 0 Å². The number of carbonyl (C=O) groups is 1. The molecule has 130 valence electrons. The van der Waals surface area contributed by atoms with Crippen molar-refractivity contribution in [1.82, 2.24) is 4.90 Å². The van der Waals surface area contributed by atoms with E-state index in [0.717, 1.165) is 16.2 Å². The summed E-state index contributed by atoms with van der Waals surface area (Å²) >= 11 is 1.16. The normalized spacial score (nSPS) is 21.7. The Morgan fingerprint density at radius 3 is 2.48 bits per heavy atom. The van der Waals surface area contributed by atoms with Crippen molar-refractivity contribution in [3.63, 3.8) is 0 Å². The molecule has 0 N–H and O–H groups in total. The van der Waals surface area contributed by atoms with Crippen LogP contribution >= 0.6 is 11.3 Å². The van der Waals surface area contributed by atoms with Gasteiger partial charge < -0.3 is 9.64 Å². The number of halogens is 3. The zero-order valence-electron chi connectivity index (χ0n) is 14.0. The summed E-state index contributed by atoms with van der Waals surface area (Å²) in [7, 11) is 1.60. The number of thiophene rings is 1. The number of likely N-dealkylation sites (N-methyl/N-ethyl adjacent to an activating group) is 1. The summed E-state index contributed by atoms with van der Waals surface area (Å²) in [6.07, 6.45) is -3.51. The van der Waals surface area contributed by atoms with Crippen LogP contribution in [0.4, 0.5) is 18.0 Å². The largest absolute Gasteiger partial charge is 0.444 e. The van der Waals surface area contributed by atoms with Crippen molar-refractivity contribution in [3.8, 4) is 0 Å². The van der Waals surface area contributed by atoms with Gasteiger partial charge in [-0.15, -0.1) is 11.3 Å². The fraction of sp³-hybridized carbons (Fsp3) is 0.688. The number of ether oxygens (including phenoxy) is 1. The van der Waals surface area contributed by atoms with Crippen LogP contribution in [0.3, 0.4) is 0 Å². The van der Waals surface area contributed by atoms with E-state index in [9.17, 15) is 18.0 Å². The highest BCUT2D eigenvalue weighted by Gasteiger charge is 2.43. The van der Waals surface area contributed by atoms with Crippen LogP contribution in [0, 0.1) is 0 Å². The van der Waals surface area contributed by atoms with E-state index in [2.05, 4.69) is 0 Å². The van der Waals surface area contributed by atoms with Crippen molar-refractivity contribution in [2.45, 2.75) is 64.3 Å². The average molecular weight is 349 g/mol. The minimum atomic E-state index is -4.35. The van der Waals surface area contributed by atoms with Gasteiger partial charge in [0.1, 0.15) is 5.60 Å². The predicted octanol–water partition coefficient (Wildman–Crippen LogP) is 4.88. The molecule has 1 aromatic heterocycles. The number of rotatable bonds is 1. The molecule has 1 aliphatic carbocycles. The van der Waals surface area contributed by atoms with Crippen molar-refractivity contribution in [2.24, 2.45) is 0 Å². The zero-order chi connectivity index (χ0) is 17.6. The predicted molar refractivity (Wildman–Crippen MR) is 83.7 cm³/mol. The Morgan fingerprint density at radius 1 is 1.35 bits per heavy atom. The molecule has 0 bridgehead atoms. The number of aryl methyl sites for hydroxylation is 1. The maximum Gasteiger partial charge on any atom is 0.417 e. The first-order chi connectivity index (χ1) is 10.3. The number of alkyl halides is 3. The molecule has 23 heavy (non-hydrogen) atoms. The summed E-state index contributed by atoms with van der Waals surface area (Å²) in [5.41, 5.74) is -1.56. The van der Waals surface area contributed by atoms with E-state index in [-0.39, 0.29) is 6.42 Å². The molecule has 0 aromatic carbocycles. The van der Waals surface area contributed by atoms with E-state index in [0.29, 0.717) is 18.4 Å². The summed E-state index contributed by atoms with van der Waals surface area (Å²) in [5, 5.41) is 1.18. The number of fused-ring (bicyclic) bond motifs is 1. The lowest BCUT2D eigenvalue weighted by Gasteiger charge is -2.42. The molecule has 0 radical (unpaired) electrons. The van der Waals surface area contributed by atoms with Gasteiger partial charge in [-0.2, -0.15) is 13.2 Å². The van der Waals surface area contributed by atoms with Crippen LogP contribution in [0.15, 0.2) is 5.38 Å². The topological polar surface area (TPSA) is 29.5 Å². The second-order valence-corrected chi connectivity index (χ2v) is 8.23. The Balaban J connectivity index is 2.26. The lowest BCUT2D eigenvalue weighted by Crippen LogP contribution is -2.52. The molecule has 7 heteroatoms. The molecule has 1 aromatic rings. The molecule has 0 saturated carbocycles. The number of hydrogen-bond donors (Lipinski definition) is 0. The molecular weight excluding hydrogens is 327 g/mol. The number of hydrogen-bond acceptors (Lipinski definition) is 3. The molecule has 1 atom stereocenters. The number of carbonyl (C=O) groups excluding carboxylic acids is 1. The van der Waals surface area contributed by atoms with Gasteiger partial charge in [-0.05, 0) is 52.5 Å². The van der Waals surface area contributed by atoms with E-state index < -0.39 is 29.0 Å². The van der Waals surface area contributed by atoms with E-state index in [1.165, 1.54) is 10.3 Å². The van der Waals surface area contributed by atoms with Crippen LogP contribution in [0.5, 0.6) is 0 Å². The lowest BCUT2D eigenvalue weighted by atomic mass is 9.80. The maximum atomic E-state index is 13.1. The first-order valence-corrected chi connectivity index (χ1v) is 8.35. The number of nitrogens with zero attached hydrogens (tertiary/aromatic N) is 1. The van der Waals surface area contributed by atoms with E-state index in [4.69, 9.17) is 4.74 Å². The Labute approximate surface area is 138 Å². The first kappa shape index (κ1) is 18.1. The fourth-order valence-electron chi connectivity index (χ4n) is 2.75. The molecule has 2 rings (SSSR count). The van der Waals surface area contributed by atoms with Crippen molar-refractivity contribution in [2.75, 3.05) is 7.05 Å². The third-order valence-electron chi connectivity index (χ3n) is 4.21. The SMILES string of the molecule is CN(C(=O)OC(C)(C)C)C1(C)CCc2scc(C(F)(F)F)c2C1. The fourth-order valence-corrected chi connectivity index (χ4v) is 3.83. The smallest absolute Gasteiger partial charge is 0.417 e. The van der Waals surface area contributed by atoms with Gasteiger partial charge in [0.15, 0.2) is 0 Å². The Kier molecular flexibility index (Phi) is 4.47. The Morgan fingerprint density at radius 2 is 1.96 bits per heavy atom. The molecule has 0 spiro atoms. The maximum absolute atomic E-state index is 13.1. The standard InChI is InChI=1S/C16H22F3NO2S/c1-14(2,3)22-13(21)20(5)15(4)7-6-12-10(8-15)11(9-23-12)16(17,18)19/h9H,6-8H2,1-5H3.